The minimum absolute atomic E-state index is 0. The molecule has 0 aromatic rings. The molecule has 175 valence electrons. The number of hydrogen-bond acceptors (Lipinski definition) is 12. The molecule has 0 amide bonds. The number of hydrogen-bond donors (Lipinski definition) is 0. The average molecular weight is 1200 g/mol. The Hall–Kier alpha value is 7.81. The second-order valence-corrected chi connectivity index (χ2v) is 4.02. The summed E-state index contributed by atoms with van der Waals surface area (Å²) in [5.41, 5.74) is 0. The topological polar surface area (TPSA) is 344 Å². The van der Waals surface area contributed by atoms with Crippen molar-refractivity contribution in [2.75, 3.05) is 0 Å². The van der Waals surface area contributed by atoms with Gasteiger partial charge >= 0.3 is 235 Å². The van der Waals surface area contributed by atoms with Crippen molar-refractivity contribution in [1.29, 1.82) is 0 Å². The van der Waals surface area contributed by atoms with Crippen molar-refractivity contribution >= 4 is 23.5 Å². The van der Waals surface area contributed by atoms with E-state index in [1.54, 1.807) is 0 Å². The quantitative estimate of drug-likeness (QED) is 0.204. The molecule has 0 heterocycles. The average Bonchev–Trinajstić information content (AvgIpc) is 1.41. The van der Waals surface area contributed by atoms with Crippen LogP contribution < -0.4 is 44.0 Å². The van der Waals surface area contributed by atoms with Crippen LogP contribution in [0, 0.1) is 235 Å². The van der Waals surface area contributed by atoms with E-state index in [0.717, 1.165) is 0 Å². The van der Waals surface area contributed by atoms with Crippen molar-refractivity contribution in [2.45, 2.75) is 0 Å². The van der Waals surface area contributed by atoms with Crippen LogP contribution in [0.15, 0.2) is 0 Å². The predicted octanol–water partition coefficient (Wildman–Crippen LogP) is -8.83. The number of rotatable bonds is 0. The third kappa shape index (κ3) is 378. The molecule has 23 heavy (non-hydrogen) atoms. The maximum absolute atomic E-state index is 8.55. The van der Waals surface area contributed by atoms with E-state index >= 15 is 0 Å². The zero-order chi connectivity index (χ0) is 13.5. The smallest absolute Gasteiger partial charge is 2.00 e. The molecular weight excluding hydrogens is 1200 g/mol. The van der Waals surface area contributed by atoms with Gasteiger partial charge < -0.3 is 74.2 Å². The first-order chi connectivity index (χ1) is 6.00. The molecule has 0 aliphatic heterocycles. The van der Waals surface area contributed by atoms with Gasteiger partial charge in [0.15, 0.2) is 0 Å². The van der Waals surface area contributed by atoms with Crippen molar-refractivity contribution in [3.63, 3.8) is 0 Å². The molecule has 0 N–H and O–H groups in total. The van der Waals surface area contributed by atoms with Gasteiger partial charge in [0.25, 0.3) is 0 Å². The second kappa shape index (κ2) is 37.1. The van der Waals surface area contributed by atoms with Crippen molar-refractivity contribution in [3.8, 4) is 0 Å². The van der Waals surface area contributed by atoms with Crippen LogP contribution in [0.5, 0.6) is 0 Å². The molecule has 0 fully saturated rings. The molecule has 5 radical (unpaired) electrons. The standard InChI is InChI=1S/3H3O4P.3O.5Yb/c3*1-5(2,3)4;;;;;;;;/h3*(H3,1,2,3,4);;;;;;;;/q;;;3*-2;5*+3/p-9. The van der Waals surface area contributed by atoms with E-state index in [1.807, 2.05) is 0 Å². The third-order valence-corrected chi connectivity index (χ3v) is 0. The molecule has 0 saturated heterocycles. The van der Waals surface area contributed by atoms with E-state index < -0.39 is 23.5 Å². The molecule has 0 rings (SSSR count). The van der Waals surface area contributed by atoms with Crippen LogP contribution in [0.3, 0.4) is 0 Å². The zero-order valence-electron chi connectivity index (χ0n) is 8.80. The summed E-state index contributed by atoms with van der Waals surface area (Å²) in [6.45, 7) is 0. The fourth-order valence-electron chi connectivity index (χ4n) is 0. The Morgan fingerprint density at radius 3 is 0.348 bits per heavy atom. The predicted molar refractivity (Wildman–Crippen MR) is 24.9 cm³/mol. The van der Waals surface area contributed by atoms with E-state index in [1.165, 1.54) is 0 Å². The molecule has 0 saturated carbocycles. The van der Waals surface area contributed by atoms with Gasteiger partial charge in [0.05, 0.1) is 0 Å². The van der Waals surface area contributed by atoms with Gasteiger partial charge in [-0.15, -0.1) is 0 Å². The van der Waals surface area contributed by atoms with Crippen molar-refractivity contribution < 1.29 is 309 Å². The van der Waals surface area contributed by atoms with Crippen LogP contribution in [-0.2, 0) is 30.1 Å². The Labute approximate surface area is 322 Å². The maximum Gasteiger partial charge on any atom is 3.00 e. The summed E-state index contributed by atoms with van der Waals surface area (Å²) in [6, 6.07) is 0. The van der Waals surface area contributed by atoms with Crippen LogP contribution in [-0.4, -0.2) is 0 Å². The van der Waals surface area contributed by atoms with Crippen LogP contribution in [0.25, 0.3) is 0 Å². The van der Waals surface area contributed by atoms with E-state index in [2.05, 4.69) is 0 Å². The molecule has 0 aliphatic rings. The monoisotopic (exact) mass is 1200 g/mol. The fourth-order valence-corrected chi connectivity index (χ4v) is 0. The van der Waals surface area contributed by atoms with Gasteiger partial charge in [-0.3, -0.25) is 0 Å². The Kier molecular flexibility index (Phi) is 113. The Morgan fingerprint density at radius 2 is 0.348 bits per heavy atom. The van der Waals surface area contributed by atoms with Crippen molar-refractivity contribution in [3.05, 3.63) is 0 Å². The second-order valence-electron chi connectivity index (χ2n) is 1.34. The van der Waals surface area contributed by atoms with Crippen molar-refractivity contribution in [1.82, 2.24) is 0 Å². The molecule has 0 aromatic heterocycles. The zero-order valence-corrected chi connectivity index (χ0v) is 20.1. The SMILES string of the molecule is O=P([O-])([O-])[O-].O=P([O-])([O-])[O-].O=P([O-])([O-])[O-].[O-2].[O-2].[O-2].[Yb+3].[Yb+3].[Yb+3].[Yb+3].[Yb+3]. The first-order valence-electron chi connectivity index (χ1n) is 2.19. The van der Waals surface area contributed by atoms with Crippen LogP contribution in [0.4, 0.5) is 0 Å². The molecule has 0 aliphatic carbocycles. The van der Waals surface area contributed by atoms with Crippen LogP contribution in [0.1, 0.15) is 0 Å². The largest absolute Gasteiger partial charge is 3.00 e. The molecule has 0 bridgehead atoms. The number of phosphoric acid groups is 3. The van der Waals surface area contributed by atoms with Gasteiger partial charge in [0.1, 0.15) is 0 Å². The molecule has 0 aromatic carbocycles. The van der Waals surface area contributed by atoms with Crippen LogP contribution >= 0.6 is 23.5 Å². The minimum Gasteiger partial charge on any atom is -2.00 e. The first-order valence-corrected chi connectivity index (χ1v) is 6.57. The van der Waals surface area contributed by atoms with Gasteiger partial charge in [0, 0.05) is 0 Å². The van der Waals surface area contributed by atoms with Gasteiger partial charge in [-0.05, 0) is 0 Å². The van der Waals surface area contributed by atoms with Crippen molar-refractivity contribution in [2.24, 2.45) is 0 Å². The summed E-state index contributed by atoms with van der Waals surface area (Å²) >= 11 is 0. The van der Waals surface area contributed by atoms with E-state index in [9.17, 15) is 0 Å². The normalized spacial score (nSPS) is 7.70. The molecular formula is O15P3Yb5. The van der Waals surface area contributed by atoms with E-state index in [4.69, 9.17) is 57.7 Å². The van der Waals surface area contributed by atoms with Gasteiger partial charge in [-0.1, -0.05) is 0 Å². The van der Waals surface area contributed by atoms with Crippen LogP contribution in [0.2, 0.25) is 0 Å². The Bertz CT molecular complexity index is 215. The summed E-state index contributed by atoms with van der Waals surface area (Å²) in [5, 5.41) is 0. The molecule has 0 spiro atoms. The summed E-state index contributed by atoms with van der Waals surface area (Å²) < 4.78 is 25.6. The fraction of sp³-hybridized carbons (Fsp3) is 0. The Morgan fingerprint density at radius 1 is 0.348 bits per heavy atom. The molecule has 0 unspecified atom stereocenters. The molecule has 15 nitrogen and oxygen atoms in total. The van der Waals surface area contributed by atoms with Gasteiger partial charge in [-0.25, -0.2) is 0 Å². The Balaban J connectivity index is -0.00000000889. The summed E-state index contributed by atoms with van der Waals surface area (Å²) in [5.74, 6) is 0. The first kappa shape index (κ1) is 69.8. The summed E-state index contributed by atoms with van der Waals surface area (Å²) in [4.78, 5) is 76.9. The molecule has 0 atom stereocenters. The minimum atomic E-state index is -5.39. The maximum atomic E-state index is 8.55. The third-order valence-electron chi connectivity index (χ3n) is 0. The van der Waals surface area contributed by atoms with E-state index in [0.29, 0.717) is 0 Å². The van der Waals surface area contributed by atoms with Gasteiger partial charge in [-0.2, -0.15) is 23.5 Å². The van der Waals surface area contributed by atoms with E-state index in [-0.39, 0.29) is 251 Å². The molecule has 23 heteroatoms. The summed E-state index contributed by atoms with van der Waals surface area (Å²) in [7, 11) is -16.2. The van der Waals surface area contributed by atoms with Gasteiger partial charge in [0.2, 0.25) is 0 Å². The summed E-state index contributed by atoms with van der Waals surface area (Å²) in [6.07, 6.45) is 0.